The third kappa shape index (κ3) is 5.04. The fourth-order valence-corrected chi connectivity index (χ4v) is 9.91. The van der Waals surface area contributed by atoms with Gasteiger partial charge < -0.3 is 0 Å². The first-order valence-corrected chi connectivity index (χ1v) is 14.2. The third-order valence-corrected chi connectivity index (χ3v) is 10.7. The predicted octanol–water partition coefficient (Wildman–Crippen LogP) is 7.70. The molecular formula is C25H45N2P. The van der Waals surface area contributed by atoms with Crippen LogP contribution in [0.1, 0.15) is 110 Å². The lowest BCUT2D eigenvalue weighted by Crippen LogP contribution is -2.28. The molecule has 4 fully saturated rings. The van der Waals surface area contributed by atoms with Crippen molar-refractivity contribution in [2.75, 3.05) is 26.2 Å². The maximum atomic E-state index is 2.97. The van der Waals surface area contributed by atoms with Crippen LogP contribution in [0.5, 0.6) is 0 Å². The summed E-state index contributed by atoms with van der Waals surface area (Å²) in [6.07, 6.45) is 23.4. The molecule has 2 saturated heterocycles. The van der Waals surface area contributed by atoms with Crippen LogP contribution in [0.3, 0.4) is 0 Å². The van der Waals surface area contributed by atoms with Gasteiger partial charge in [0.1, 0.15) is 0 Å². The topological polar surface area (TPSA) is 6.48 Å². The van der Waals surface area contributed by atoms with E-state index in [1.54, 1.807) is 0 Å². The second kappa shape index (κ2) is 10.9. The molecule has 0 N–H and O–H groups in total. The van der Waals surface area contributed by atoms with Crippen LogP contribution >= 0.6 is 8.22 Å². The van der Waals surface area contributed by atoms with Crippen molar-refractivity contribution >= 4 is 8.22 Å². The summed E-state index contributed by atoms with van der Waals surface area (Å²) in [5, 5.41) is 2.00. The summed E-state index contributed by atoms with van der Waals surface area (Å²) in [5.74, 6) is 1.88. The van der Waals surface area contributed by atoms with Crippen LogP contribution < -0.4 is 0 Å². The van der Waals surface area contributed by atoms with Gasteiger partial charge in [-0.05, 0) is 74.9 Å². The Morgan fingerprint density at radius 2 is 1.07 bits per heavy atom. The smallest absolute Gasteiger partial charge is 0.0681 e. The first-order valence-electron chi connectivity index (χ1n) is 12.9. The zero-order valence-corrected chi connectivity index (χ0v) is 19.5. The Morgan fingerprint density at radius 3 is 1.46 bits per heavy atom. The summed E-state index contributed by atoms with van der Waals surface area (Å²) >= 11 is 0. The Kier molecular flexibility index (Phi) is 8.32. The van der Waals surface area contributed by atoms with E-state index in [0.717, 1.165) is 11.8 Å². The SMILES string of the molecule is CCCC(=C(C1CCCCC1)C1CCCCC1)P(N1CCCC1)N1CCCC1. The van der Waals surface area contributed by atoms with Gasteiger partial charge in [0.15, 0.2) is 0 Å². The van der Waals surface area contributed by atoms with Gasteiger partial charge in [-0.2, -0.15) is 0 Å². The van der Waals surface area contributed by atoms with Crippen molar-refractivity contribution < 1.29 is 0 Å². The van der Waals surface area contributed by atoms with Crippen molar-refractivity contribution in [3.8, 4) is 0 Å². The highest BCUT2D eigenvalue weighted by Gasteiger charge is 2.37. The molecule has 2 aliphatic carbocycles. The molecule has 0 aromatic heterocycles. The fraction of sp³-hybridized carbons (Fsp3) is 0.920. The molecule has 0 aromatic carbocycles. The van der Waals surface area contributed by atoms with Crippen LogP contribution in [0.2, 0.25) is 0 Å². The van der Waals surface area contributed by atoms with Gasteiger partial charge in [-0.3, -0.25) is 9.34 Å². The van der Waals surface area contributed by atoms with Crippen LogP contribution in [0.15, 0.2) is 10.9 Å². The molecule has 0 atom stereocenters. The van der Waals surface area contributed by atoms with Crippen molar-refractivity contribution in [3.63, 3.8) is 0 Å². The maximum absolute atomic E-state index is 2.97. The van der Waals surface area contributed by atoms with Gasteiger partial charge in [-0.25, -0.2) is 0 Å². The second-order valence-electron chi connectivity index (χ2n) is 9.93. The highest BCUT2D eigenvalue weighted by Crippen LogP contribution is 2.60. The van der Waals surface area contributed by atoms with Gasteiger partial charge in [0, 0.05) is 26.2 Å². The van der Waals surface area contributed by atoms with Gasteiger partial charge in [0.25, 0.3) is 0 Å². The Bertz CT molecular complexity index is 457. The number of rotatable bonds is 7. The molecule has 160 valence electrons. The fourth-order valence-electron chi connectivity index (χ4n) is 6.53. The van der Waals surface area contributed by atoms with E-state index < -0.39 is 0 Å². The summed E-state index contributed by atoms with van der Waals surface area (Å²) < 4.78 is 5.94. The van der Waals surface area contributed by atoms with E-state index in [1.165, 1.54) is 129 Å². The number of hydrogen-bond donors (Lipinski definition) is 0. The molecule has 2 aliphatic heterocycles. The van der Waals surface area contributed by atoms with Crippen LogP contribution in [0, 0.1) is 11.8 Å². The summed E-state index contributed by atoms with van der Waals surface area (Å²) in [5.41, 5.74) is 2.05. The minimum Gasteiger partial charge on any atom is -0.266 e. The van der Waals surface area contributed by atoms with Gasteiger partial charge in [0.05, 0.1) is 8.22 Å². The summed E-state index contributed by atoms with van der Waals surface area (Å²) in [4.78, 5) is 0. The molecule has 2 nitrogen and oxygen atoms in total. The number of allylic oxidation sites excluding steroid dienone is 2. The zero-order valence-electron chi connectivity index (χ0n) is 18.6. The van der Waals surface area contributed by atoms with Gasteiger partial charge in [-0.15, -0.1) is 0 Å². The Balaban J connectivity index is 1.72. The molecular weight excluding hydrogens is 359 g/mol. The summed E-state index contributed by atoms with van der Waals surface area (Å²) in [7, 11) is -0.175. The van der Waals surface area contributed by atoms with Crippen molar-refractivity contribution in [1.29, 1.82) is 0 Å². The van der Waals surface area contributed by atoms with Crippen LogP contribution in [0.25, 0.3) is 0 Å². The van der Waals surface area contributed by atoms with E-state index in [4.69, 9.17) is 0 Å². The van der Waals surface area contributed by atoms with Crippen molar-refractivity contribution in [2.45, 2.75) is 110 Å². The van der Waals surface area contributed by atoms with Gasteiger partial charge in [-0.1, -0.05) is 57.4 Å². The van der Waals surface area contributed by atoms with Gasteiger partial charge in [0.2, 0.25) is 0 Å². The monoisotopic (exact) mass is 404 g/mol. The number of hydrogen-bond acceptors (Lipinski definition) is 2. The Hall–Kier alpha value is 0.0900. The summed E-state index contributed by atoms with van der Waals surface area (Å²) in [6.45, 7) is 7.94. The Morgan fingerprint density at radius 1 is 0.643 bits per heavy atom. The van der Waals surface area contributed by atoms with E-state index >= 15 is 0 Å². The molecule has 0 amide bonds. The molecule has 2 heterocycles. The first kappa shape index (κ1) is 21.3. The van der Waals surface area contributed by atoms with Crippen molar-refractivity contribution in [2.24, 2.45) is 11.8 Å². The average Bonchev–Trinajstić information content (AvgIpc) is 3.45. The molecule has 0 spiro atoms. The lowest BCUT2D eigenvalue weighted by Gasteiger charge is -2.42. The highest BCUT2D eigenvalue weighted by atomic mass is 31.1. The van der Waals surface area contributed by atoms with Crippen molar-refractivity contribution in [3.05, 3.63) is 10.9 Å². The predicted molar refractivity (Wildman–Crippen MR) is 124 cm³/mol. The van der Waals surface area contributed by atoms with Gasteiger partial charge >= 0.3 is 0 Å². The maximum Gasteiger partial charge on any atom is 0.0681 e. The van der Waals surface area contributed by atoms with Crippen LogP contribution in [0.4, 0.5) is 0 Å². The van der Waals surface area contributed by atoms with E-state index in [2.05, 4.69) is 16.3 Å². The minimum atomic E-state index is -0.175. The average molecular weight is 405 g/mol. The largest absolute Gasteiger partial charge is 0.266 e. The van der Waals surface area contributed by atoms with Crippen LogP contribution in [-0.4, -0.2) is 35.5 Å². The van der Waals surface area contributed by atoms with Crippen molar-refractivity contribution in [1.82, 2.24) is 9.34 Å². The highest BCUT2D eigenvalue weighted by molar-refractivity contribution is 7.57. The Labute approximate surface area is 176 Å². The molecule has 0 bridgehead atoms. The first-order chi connectivity index (χ1) is 13.9. The molecule has 0 aromatic rings. The normalized spacial score (nSPS) is 26.4. The van der Waals surface area contributed by atoms with E-state index in [-0.39, 0.29) is 8.22 Å². The van der Waals surface area contributed by atoms with E-state index in [0.29, 0.717) is 0 Å². The third-order valence-electron chi connectivity index (χ3n) is 7.85. The standard InChI is InChI=1S/C25H45N2P/c1-2-13-24(28(26-18-9-10-19-26)27-20-11-12-21-27)25(22-14-5-3-6-15-22)23-16-7-4-8-17-23/h22-23H,2-21H2,1H3. The summed E-state index contributed by atoms with van der Waals surface area (Å²) in [6, 6.07) is 0. The minimum absolute atomic E-state index is 0.175. The van der Waals surface area contributed by atoms with Crippen LogP contribution in [-0.2, 0) is 0 Å². The lowest BCUT2D eigenvalue weighted by molar-refractivity contribution is 0.323. The molecule has 0 radical (unpaired) electrons. The zero-order chi connectivity index (χ0) is 19.2. The molecule has 4 aliphatic rings. The van der Waals surface area contributed by atoms with E-state index in [1.807, 2.05) is 10.9 Å². The van der Waals surface area contributed by atoms with E-state index in [9.17, 15) is 0 Å². The molecule has 4 rings (SSSR count). The molecule has 3 heteroatoms. The molecule has 28 heavy (non-hydrogen) atoms. The number of nitrogens with zero attached hydrogens (tertiary/aromatic N) is 2. The second-order valence-corrected chi connectivity index (χ2v) is 12.2. The quantitative estimate of drug-likeness (QED) is 0.401. The lowest BCUT2D eigenvalue weighted by atomic mass is 9.73. The molecule has 0 unspecified atom stereocenters. The molecule has 2 saturated carbocycles.